The van der Waals surface area contributed by atoms with Crippen molar-refractivity contribution in [1.82, 2.24) is 9.78 Å². The highest BCUT2D eigenvalue weighted by atomic mass is 16.5. The van der Waals surface area contributed by atoms with E-state index in [2.05, 4.69) is 11.4 Å². The number of benzene rings is 2. The molecule has 2 aromatic carbocycles. The van der Waals surface area contributed by atoms with Crippen molar-refractivity contribution in [2.45, 2.75) is 6.92 Å². The highest BCUT2D eigenvalue weighted by Crippen LogP contribution is 2.34. The Bertz CT molecular complexity index is 855. The Balaban J connectivity index is 1.81. The number of nitrogens with zero attached hydrogens (tertiary/aromatic N) is 2. The summed E-state index contributed by atoms with van der Waals surface area (Å²) >= 11 is 0. The van der Waals surface area contributed by atoms with Crippen LogP contribution in [-0.4, -0.2) is 22.9 Å². The van der Waals surface area contributed by atoms with Gasteiger partial charge < -0.3 is 15.8 Å². The molecule has 2 heterocycles. The van der Waals surface area contributed by atoms with Crippen molar-refractivity contribution in [3.63, 3.8) is 0 Å². The van der Waals surface area contributed by atoms with Gasteiger partial charge in [0.25, 0.3) is 0 Å². The molecule has 0 fully saturated rings. The van der Waals surface area contributed by atoms with E-state index in [4.69, 9.17) is 15.6 Å². The number of aromatic nitrogens is 2. The molecule has 1 aliphatic heterocycles. The second kappa shape index (κ2) is 5.35. The average molecular weight is 306 g/mol. The summed E-state index contributed by atoms with van der Waals surface area (Å²) in [5.41, 5.74) is 11.1. The molecule has 1 aliphatic rings. The molecule has 3 aromatic rings. The maximum Gasteiger partial charge on any atom is 0.142 e. The molecule has 0 aliphatic carbocycles. The fourth-order valence-electron chi connectivity index (χ4n) is 2.84. The van der Waals surface area contributed by atoms with Crippen molar-refractivity contribution in [3.8, 4) is 22.7 Å². The highest BCUT2D eigenvalue weighted by molar-refractivity contribution is 5.75. The molecule has 5 nitrogen and oxygen atoms in total. The monoisotopic (exact) mass is 306 g/mol. The van der Waals surface area contributed by atoms with Crippen molar-refractivity contribution < 1.29 is 4.74 Å². The molecule has 0 unspecified atom stereocenters. The van der Waals surface area contributed by atoms with Crippen LogP contribution in [-0.2, 0) is 0 Å². The molecule has 23 heavy (non-hydrogen) atoms. The van der Waals surface area contributed by atoms with Crippen LogP contribution >= 0.6 is 0 Å². The van der Waals surface area contributed by atoms with Gasteiger partial charge in [-0.05, 0) is 37.3 Å². The molecule has 0 saturated heterocycles. The molecular formula is C18H18N4O. The number of fused-ring (bicyclic) bond motifs is 1. The summed E-state index contributed by atoms with van der Waals surface area (Å²) < 4.78 is 7.42. The van der Waals surface area contributed by atoms with Gasteiger partial charge in [0.1, 0.15) is 18.2 Å². The Hall–Kier alpha value is -2.95. The number of nitrogen functional groups attached to an aromatic ring is 1. The molecule has 3 N–H and O–H groups in total. The number of para-hydroxylation sites is 1. The lowest BCUT2D eigenvalue weighted by Crippen LogP contribution is -2.17. The van der Waals surface area contributed by atoms with Crippen molar-refractivity contribution in [2.24, 2.45) is 0 Å². The first-order valence-corrected chi connectivity index (χ1v) is 7.65. The molecule has 0 spiro atoms. The Morgan fingerprint density at radius 2 is 2.00 bits per heavy atom. The fourth-order valence-corrected chi connectivity index (χ4v) is 2.84. The number of hydrogen-bond donors (Lipinski definition) is 2. The Morgan fingerprint density at radius 1 is 1.17 bits per heavy atom. The summed E-state index contributed by atoms with van der Waals surface area (Å²) in [6.45, 7) is 3.51. The van der Waals surface area contributed by atoms with Crippen molar-refractivity contribution >= 4 is 11.5 Å². The van der Waals surface area contributed by atoms with E-state index in [1.807, 2.05) is 49.4 Å². The highest BCUT2D eigenvalue weighted by Gasteiger charge is 2.17. The van der Waals surface area contributed by atoms with Crippen LogP contribution in [0.3, 0.4) is 0 Å². The van der Waals surface area contributed by atoms with Gasteiger partial charge in [0.2, 0.25) is 0 Å². The fraction of sp³-hybridized carbons (Fsp3) is 0.167. The number of ether oxygens (including phenoxy) is 1. The van der Waals surface area contributed by atoms with E-state index in [0.717, 1.165) is 40.5 Å². The number of nitrogens with one attached hydrogen (secondary N) is 1. The third kappa shape index (κ3) is 2.30. The van der Waals surface area contributed by atoms with Crippen LogP contribution in [0.5, 0.6) is 5.75 Å². The minimum absolute atomic E-state index is 0.660. The molecule has 0 saturated carbocycles. The minimum atomic E-state index is 0.660. The first-order chi connectivity index (χ1) is 11.2. The Labute approximate surface area is 134 Å². The largest absolute Gasteiger partial charge is 0.490 e. The van der Waals surface area contributed by atoms with E-state index in [1.54, 1.807) is 4.68 Å². The topological polar surface area (TPSA) is 65.1 Å². The summed E-state index contributed by atoms with van der Waals surface area (Å²) in [5, 5.41) is 8.08. The third-order valence-corrected chi connectivity index (χ3v) is 4.10. The van der Waals surface area contributed by atoms with Gasteiger partial charge in [0.05, 0.1) is 17.1 Å². The number of nitrogens with two attached hydrogens (primary N) is 1. The Morgan fingerprint density at radius 3 is 2.83 bits per heavy atom. The molecule has 4 rings (SSSR count). The summed E-state index contributed by atoms with van der Waals surface area (Å²) in [6.07, 6.45) is 0. The second-order valence-electron chi connectivity index (χ2n) is 5.59. The van der Waals surface area contributed by atoms with Crippen molar-refractivity contribution in [1.29, 1.82) is 0 Å². The van der Waals surface area contributed by atoms with Crippen LogP contribution in [0.1, 0.15) is 5.56 Å². The second-order valence-corrected chi connectivity index (χ2v) is 5.59. The molecule has 0 amide bonds. The van der Waals surface area contributed by atoms with E-state index < -0.39 is 0 Å². The van der Waals surface area contributed by atoms with Crippen molar-refractivity contribution in [3.05, 3.63) is 54.1 Å². The first-order valence-electron chi connectivity index (χ1n) is 7.65. The molecule has 1 aromatic heterocycles. The summed E-state index contributed by atoms with van der Waals surface area (Å²) in [7, 11) is 0. The smallest absolute Gasteiger partial charge is 0.142 e. The Kier molecular flexibility index (Phi) is 3.19. The first kappa shape index (κ1) is 13.7. The van der Waals surface area contributed by atoms with Gasteiger partial charge in [-0.1, -0.05) is 18.2 Å². The average Bonchev–Trinajstić information content (AvgIpc) is 2.91. The van der Waals surface area contributed by atoms with E-state index in [0.29, 0.717) is 12.4 Å². The maximum atomic E-state index is 6.27. The van der Waals surface area contributed by atoms with Crippen LogP contribution < -0.4 is 15.8 Å². The van der Waals surface area contributed by atoms with Crippen LogP contribution in [0.2, 0.25) is 0 Å². The lowest BCUT2D eigenvalue weighted by molar-refractivity contribution is 0.323. The van der Waals surface area contributed by atoms with Gasteiger partial charge >= 0.3 is 0 Å². The van der Waals surface area contributed by atoms with E-state index >= 15 is 0 Å². The number of rotatable bonds is 2. The maximum absolute atomic E-state index is 6.27. The van der Waals surface area contributed by atoms with Gasteiger partial charge in [-0.25, -0.2) is 4.68 Å². The molecule has 0 radical (unpaired) electrons. The lowest BCUT2D eigenvalue weighted by atomic mass is 10.1. The zero-order chi connectivity index (χ0) is 15.8. The van der Waals surface area contributed by atoms with Crippen LogP contribution in [0.4, 0.5) is 11.5 Å². The van der Waals surface area contributed by atoms with Crippen LogP contribution in [0, 0.1) is 6.92 Å². The minimum Gasteiger partial charge on any atom is -0.490 e. The zero-order valence-corrected chi connectivity index (χ0v) is 12.9. The summed E-state index contributed by atoms with van der Waals surface area (Å²) in [4.78, 5) is 0. The lowest BCUT2D eigenvalue weighted by Gasteiger charge is -2.19. The molecule has 116 valence electrons. The zero-order valence-electron chi connectivity index (χ0n) is 12.9. The molecule has 0 bridgehead atoms. The standard InChI is InChI=1S/C18H18N4O/c1-12-17(13-7-8-16-15(11-13)20-9-10-23-16)21-22(18(12)19)14-5-3-2-4-6-14/h2-8,11,20H,9-10,19H2,1H3. The number of anilines is 2. The third-order valence-electron chi connectivity index (χ3n) is 4.10. The summed E-state index contributed by atoms with van der Waals surface area (Å²) in [6, 6.07) is 16.0. The van der Waals surface area contributed by atoms with E-state index in [1.165, 1.54) is 0 Å². The van der Waals surface area contributed by atoms with E-state index in [-0.39, 0.29) is 0 Å². The van der Waals surface area contributed by atoms with Crippen molar-refractivity contribution in [2.75, 3.05) is 24.2 Å². The quantitative estimate of drug-likeness (QED) is 0.763. The van der Waals surface area contributed by atoms with Gasteiger partial charge in [-0.15, -0.1) is 0 Å². The predicted octanol–water partition coefficient (Wildman–Crippen LogP) is 3.23. The SMILES string of the molecule is Cc1c(-c2ccc3c(c2)NCCO3)nn(-c2ccccc2)c1N. The van der Waals surface area contributed by atoms with Gasteiger partial charge in [-0.3, -0.25) is 0 Å². The van der Waals surface area contributed by atoms with Gasteiger partial charge in [0.15, 0.2) is 0 Å². The van der Waals surface area contributed by atoms with Crippen LogP contribution in [0.15, 0.2) is 48.5 Å². The van der Waals surface area contributed by atoms with Gasteiger partial charge in [0, 0.05) is 17.7 Å². The van der Waals surface area contributed by atoms with E-state index in [9.17, 15) is 0 Å². The normalized spacial score (nSPS) is 13.1. The van der Waals surface area contributed by atoms with Gasteiger partial charge in [-0.2, -0.15) is 5.10 Å². The summed E-state index contributed by atoms with van der Waals surface area (Å²) in [5.74, 6) is 1.54. The molecule has 5 heteroatoms. The molecular weight excluding hydrogens is 288 g/mol. The van der Waals surface area contributed by atoms with Crippen LogP contribution in [0.25, 0.3) is 16.9 Å². The molecule has 0 atom stereocenters. The predicted molar refractivity (Wildman–Crippen MR) is 92.1 cm³/mol. The number of hydrogen-bond acceptors (Lipinski definition) is 4.